The average molecular weight is 532 g/mol. The molecule has 5 rings (SSSR count). The van der Waals surface area contributed by atoms with Crippen molar-refractivity contribution in [3.05, 3.63) is 48.0 Å². The van der Waals surface area contributed by atoms with Crippen LogP contribution in [-0.2, 0) is 14.2 Å². The van der Waals surface area contributed by atoms with Crippen molar-refractivity contribution < 1.29 is 23.7 Å². The molecule has 0 bridgehead atoms. The molecule has 1 N–H and O–H groups in total. The third-order valence-electron chi connectivity index (χ3n) is 7.57. The Hall–Kier alpha value is -3.54. The molecule has 2 aliphatic rings. The van der Waals surface area contributed by atoms with Gasteiger partial charge in [-0.15, -0.1) is 0 Å². The standard InChI is InChI=1S/C31H37N3O5/c1-19(2)30(20(3)4)39-31(35)33-22-10-8-21(9-11-22)29-26(17-32)25-13-12-24(38-18-28-36-14-15-37-28)16-27(25)34(29)23-6-5-7-23/h8-13,16,19-20,23,28,30H,5-7,14-15,18H2,1-4H3,(H,33,35). The number of anilines is 1. The molecule has 3 aromatic rings. The maximum absolute atomic E-state index is 12.6. The number of aromatic nitrogens is 1. The Labute approximate surface area is 229 Å². The van der Waals surface area contributed by atoms with Crippen molar-refractivity contribution in [3.63, 3.8) is 0 Å². The van der Waals surface area contributed by atoms with Crippen molar-refractivity contribution in [2.45, 2.75) is 65.4 Å². The van der Waals surface area contributed by atoms with Gasteiger partial charge in [-0.25, -0.2) is 4.79 Å². The molecule has 2 aromatic carbocycles. The topological polar surface area (TPSA) is 94.7 Å². The lowest BCUT2D eigenvalue weighted by molar-refractivity contribution is -0.0683. The lowest BCUT2D eigenvalue weighted by Crippen LogP contribution is -2.30. The van der Waals surface area contributed by atoms with E-state index in [-0.39, 0.29) is 24.2 Å². The van der Waals surface area contributed by atoms with E-state index >= 15 is 0 Å². The Kier molecular flexibility index (Phi) is 8.10. The van der Waals surface area contributed by atoms with Crippen LogP contribution in [0.2, 0.25) is 0 Å². The normalized spacial score (nSPS) is 16.2. The highest BCUT2D eigenvalue weighted by Gasteiger charge is 2.28. The van der Waals surface area contributed by atoms with Gasteiger partial charge >= 0.3 is 6.09 Å². The van der Waals surface area contributed by atoms with Gasteiger partial charge in [0.15, 0.2) is 6.29 Å². The van der Waals surface area contributed by atoms with Gasteiger partial charge in [0.1, 0.15) is 24.5 Å². The molecule has 1 saturated heterocycles. The highest BCUT2D eigenvalue weighted by atomic mass is 16.7. The molecule has 0 atom stereocenters. The Morgan fingerprint density at radius 3 is 2.36 bits per heavy atom. The molecule has 2 heterocycles. The van der Waals surface area contributed by atoms with Gasteiger partial charge in [-0.3, -0.25) is 5.32 Å². The van der Waals surface area contributed by atoms with E-state index in [1.165, 1.54) is 0 Å². The molecule has 0 radical (unpaired) electrons. The van der Waals surface area contributed by atoms with E-state index < -0.39 is 6.09 Å². The van der Waals surface area contributed by atoms with E-state index in [4.69, 9.17) is 18.9 Å². The molecular formula is C31H37N3O5. The molecule has 0 spiro atoms. The Bertz CT molecular complexity index is 1340. The van der Waals surface area contributed by atoms with Gasteiger partial charge in [0, 0.05) is 23.2 Å². The Morgan fingerprint density at radius 2 is 1.77 bits per heavy atom. The molecule has 1 aromatic heterocycles. The third kappa shape index (κ3) is 5.75. The number of nitrogens with zero attached hydrogens (tertiary/aromatic N) is 2. The van der Waals surface area contributed by atoms with Crippen molar-refractivity contribution in [1.29, 1.82) is 5.26 Å². The summed E-state index contributed by atoms with van der Waals surface area (Å²) in [6.45, 7) is 9.68. The van der Waals surface area contributed by atoms with Crippen LogP contribution in [0.5, 0.6) is 5.75 Å². The summed E-state index contributed by atoms with van der Waals surface area (Å²) in [6, 6.07) is 16.3. The number of rotatable bonds is 9. The molecule has 0 unspecified atom stereocenters. The van der Waals surface area contributed by atoms with Gasteiger partial charge in [-0.2, -0.15) is 5.26 Å². The predicted molar refractivity (Wildman–Crippen MR) is 150 cm³/mol. The minimum atomic E-state index is -0.461. The number of nitrogens with one attached hydrogen (secondary N) is 1. The summed E-state index contributed by atoms with van der Waals surface area (Å²) in [5.74, 6) is 1.17. The maximum Gasteiger partial charge on any atom is 0.411 e. The molecule has 8 nitrogen and oxygen atoms in total. The fraction of sp³-hybridized carbons (Fsp3) is 0.484. The summed E-state index contributed by atoms with van der Waals surface area (Å²) >= 11 is 0. The summed E-state index contributed by atoms with van der Waals surface area (Å²) < 4.78 is 24.9. The van der Waals surface area contributed by atoms with Gasteiger partial charge in [0.25, 0.3) is 0 Å². The molecule has 1 aliphatic heterocycles. The second kappa shape index (κ2) is 11.7. The van der Waals surface area contributed by atoms with Crippen LogP contribution >= 0.6 is 0 Å². The molecule has 39 heavy (non-hydrogen) atoms. The first-order valence-electron chi connectivity index (χ1n) is 13.9. The second-order valence-electron chi connectivity index (χ2n) is 11.0. The van der Waals surface area contributed by atoms with Crippen LogP contribution in [-0.4, -0.2) is 42.9 Å². The molecule has 8 heteroatoms. The van der Waals surface area contributed by atoms with Crippen LogP contribution in [0, 0.1) is 23.2 Å². The summed E-state index contributed by atoms with van der Waals surface area (Å²) in [5, 5.41) is 14.0. The van der Waals surface area contributed by atoms with Crippen molar-refractivity contribution in [2.24, 2.45) is 11.8 Å². The van der Waals surface area contributed by atoms with E-state index in [1.54, 1.807) is 0 Å². The van der Waals surface area contributed by atoms with E-state index in [0.717, 1.165) is 47.2 Å². The maximum atomic E-state index is 12.6. The monoisotopic (exact) mass is 531 g/mol. The van der Waals surface area contributed by atoms with Gasteiger partial charge in [-0.05, 0) is 60.9 Å². The number of carbonyl (C=O) groups is 1. The third-order valence-corrected chi connectivity index (χ3v) is 7.57. The van der Waals surface area contributed by atoms with Crippen LogP contribution in [0.15, 0.2) is 42.5 Å². The van der Waals surface area contributed by atoms with Crippen LogP contribution in [0.4, 0.5) is 10.5 Å². The largest absolute Gasteiger partial charge is 0.488 e. The fourth-order valence-electron chi connectivity index (χ4n) is 5.49. The minimum absolute atomic E-state index is 0.160. The lowest BCUT2D eigenvalue weighted by atomic mass is 9.92. The lowest BCUT2D eigenvalue weighted by Gasteiger charge is -2.30. The molecule has 206 valence electrons. The molecule has 2 fully saturated rings. The smallest absolute Gasteiger partial charge is 0.411 e. The Balaban J connectivity index is 1.42. The first-order chi connectivity index (χ1) is 18.9. The van der Waals surface area contributed by atoms with E-state index in [1.807, 2.05) is 70.2 Å². The number of benzene rings is 2. The number of hydrogen-bond acceptors (Lipinski definition) is 6. The van der Waals surface area contributed by atoms with Crippen LogP contribution in [0.1, 0.15) is 58.6 Å². The summed E-state index contributed by atoms with van der Waals surface area (Å²) in [7, 11) is 0. The van der Waals surface area contributed by atoms with Gasteiger partial charge in [0.2, 0.25) is 0 Å². The highest BCUT2D eigenvalue weighted by molar-refractivity contribution is 5.96. The number of nitriles is 1. The summed E-state index contributed by atoms with van der Waals surface area (Å²) in [6.07, 6.45) is 2.32. The SMILES string of the molecule is CC(C)C(OC(=O)Nc1ccc(-c2c(C#N)c3ccc(OCC4OCCO4)cc3n2C2CCC2)cc1)C(C)C. The van der Waals surface area contributed by atoms with Crippen molar-refractivity contribution in [1.82, 2.24) is 4.57 Å². The van der Waals surface area contributed by atoms with Gasteiger partial charge in [0.05, 0.1) is 30.0 Å². The predicted octanol–water partition coefficient (Wildman–Crippen LogP) is 6.89. The van der Waals surface area contributed by atoms with Crippen LogP contribution in [0.3, 0.4) is 0 Å². The number of amides is 1. The average Bonchev–Trinajstić information content (AvgIpc) is 3.51. The number of ether oxygens (including phenoxy) is 4. The number of fused-ring (bicyclic) bond motifs is 1. The zero-order valence-corrected chi connectivity index (χ0v) is 23.1. The zero-order valence-electron chi connectivity index (χ0n) is 23.1. The van der Waals surface area contributed by atoms with E-state index in [2.05, 4.69) is 16.0 Å². The highest BCUT2D eigenvalue weighted by Crippen LogP contribution is 2.43. The van der Waals surface area contributed by atoms with Crippen molar-refractivity contribution in [3.8, 4) is 23.1 Å². The number of carbonyl (C=O) groups excluding carboxylic acids is 1. The van der Waals surface area contributed by atoms with Crippen LogP contribution in [0.25, 0.3) is 22.2 Å². The quantitative estimate of drug-likeness (QED) is 0.323. The molecule has 1 saturated carbocycles. The van der Waals surface area contributed by atoms with Crippen molar-refractivity contribution >= 4 is 22.7 Å². The first-order valence-corrected chi connectivity index (χ1v) is 13.9. The Morgan fingerprint density at radius 1 is 1.08 bits per heavy atom. The minimum Gasteiger partial charge on any atom is -0.488 e. The molecular weight excluding hydrogens is 494 g/mol. The molecule has 1 amide bonds. The first kappa shape index (κ1) is 27.0. The van der Waals surface area contributed by atoms with Crippen LogP contribution < -0.4 is 10.1 Å². The van der Waals surface area contributed by atoms with Gasteiger partial charge < -0.3 is 23.5 Å². The molecule has 1 aliphatic carbocycles. The van der Waals surface area contributed by atoms with E-state index in [0.29, 0.717) is 37.1 Å². The number of hydrogen-bond donors (Lipinski definition) is 1. The van der Waals surface area contributed by atoms with E-state index in [9.17, 15) is 10.1 Å². The van der Waals surface area contributed by atoms with Crippen molar-refractivity contribution in [2.75, 3.05) is 25.1 Å². The van der Waals surface area contributed by atoms with Gasteiger partial charge in [-0.1, -0.05) is 39.8 Å². The summed E-state index contributed by atoms with van der Waals surface area (Å²) in [5.41, 5.74) is 4.09. The second-order valence-corrected chi connectivity index (χ2v) is 11.0. The zero-order chi connectivity index (χ0) is 27.5. The fourth-order valence-corrected chi connectivity index (χ4v) is 5.49. The summed E-state index contributed by atoms with van der Waals surface area (Å²) in [4.78, 5) is 12.6.